The first-order valence-corrected chi connectivity index (χ1v) is 14.9. The van der Waals surface area contributed by atoms with Crippen LogP contribution in [0.2, 0.25) is 0 Å². The van der Waals surface area contributed by atoms with Gasteiger partial charge in [-0.15, -0.1) is 0 Å². The molecule has 5 aromatic heterocycles. The molecule has 0 atom stereocenters. The molecule has 0 aromatic carbocycles. The van der Waals surface area contributed by atoms with Crippen LogP contribution >= 0.6 is 0 Å². The van der Waals surface area contributed by atoms with Crippen LogP contribution in [0.3, 0.4) is 0 Å². The Morgan fingerprint density at radius 1 is 0.929 bits per heavy atom. The molecule has 214 valence electrons. The Bertz CT molecular complexity index is 1890. The van der Waals surface area contributed by atoms with E-state index in [-0.39, 0.29) is 5.03 Å². The Hall–Kier alpha value is -4.74. The summed E-state index contributed by atoms with van der Waals surface area (Å²) in [5.74, 6) is 0.817. The lowest BCUT2D eigenvalue weighted by Gasteiger charge is -2.35. The maximum atomic E-state index is 13.1. The van der Waals surface area contributed by atoms with Gasteiger partial charge < -0.3 is 4.90 Å². The summed E-state index contributed by atoms with van der Waals surface area (Å²) < 4.78 is 51.7. The molecule has 0 radical (unpaired) electrons. The van der Waals surface area contributed by atoms with Crippen molar-refractivity contribution >= 4 is 21.2 Å². The number of halogens is 2. The molecule has 42 heavy (non-hydrogen) atoms. The van der Waals surface area contributed by atoms with E-state index in [1.807, 2.05) is 18.2 Å². The Balaban J connectivity index is 1.19. The monoisotopic (exact) mass is 589 g/mol. The first kappa shape index (κ1) is 27.4. The average molecular weight is 590 g/mol. The molecule has 0 spiro atoms. The van der Waals surface area contributed by atoms with Crippen molar-refractivity contribution in [1.82, 2.24) is 34.3 Å². The number of hydrogen-bond donors (Lipinski definition) is 0. The second-order valence-corrected chi connectivity index (χ2v) is 12.0. The van der Waals surface area contributed by atoms with Crippen LogP contribution in [0.4, 0.5) is 14.6 Å². The molecule has 0 amide bonds. The summed E-state index contributed by atoms with van der Waals surface area (Å²) in [6.07, 6.45) is 10.3. The zero-order valence-corrected chi connectivity index (χ0v) is 23.3. The van der Waals surface area contributed by atoms with E-state index in [1.165, 1.54) is 24.7 Å². The van der Waals surface area contributed by atoms with E-state index in [4.69, 9.17) is 4.98 Å². The zero-order chi connectivity index (χ0) is 29.4. The van der Waals surface area contributed by atoms with E-state index < -0.39 is 16.4 Å². The summed E-state index contributed by atoms with van der Waals surface area (Å²) in [5.41, 5.74) is 4.52. The second kappa shape index (κ2) is 10.9. The molecule has 0 aliphatic carbocycles. The number of alkyl halides is 2. The predicted molar refractivity (Wildman–Crippen MR) is 150 cm³/mol. The van der Waals surface area contributed by atoms with Crippen LogP contribution in [0.15, 0.2) is 72.5 Å². The second-order valence-electron chi connectivity index (χ2n) is 10.0. The molecule has 14 heteroatoms. The minimum Gasteiger partial charge on any atom is -0.354 e. The maximum absolute atomic E-state index is 13.1. The van der Waals surface area contributed by atoms with Crippen molar-refractivity contribution in [2.45, 2.75) is 18.1 Å². The molecule has 1 aliphatic rings. The van der Waals surface area contributed by atoms with E-state index >= 15 is 0 Å². The SMILES string of the molecule is CS(=O)(=O)c1ccc(CN2CCN(c3ccc(-c4cc(-c5cnn(C(F)F)c5)cn5ncc(C#N)c45)cn3)CC2)cn1. The van der Waals surface area contributed by atoms with Gasteiger partial charge in [-0.2, -0.15) is 24.2 Å². The van der Waals surface area contributed by atoms with Gasteiger partial charge in [0.1, 0.15) is 11.9 Å². The van der Waals surface area contributed by atoms with Gasteiger partial charge in [0.15, 0.2) is 14.9 Å². The number of sulfone groups is 1. The minimum atomic E-state index is -3.33. The molecular formula is C28H25F2N9O2S. The van der Waals surface area contributed by atoms with Gasteiger partial charge in [0.2, 0.25) is 0 Å². The van der Waals surface area contributed by atoms with Gasteiger partial charge in [-0.3, -0.25) is 4.90 Å². The number of aromatic nitrogens is 6. The zero-order valence-electron chi connectivity index (χ0n) is 22.5. The van der Waals surface area contributed by atoms with Crippen molar-refractivity contribution in [3.8, 4) is 28.3 Å². The van der Waals surface area contributed by atoms with Gasteiger partial charge in [-0.05, 0) is 29.8 Å². The third-order valence-corrected chi connectivity index (χ3v) is 8.21. The lowest BCUT2D eigenvalue weighted by Crippen LogP contribution is -2.46. The molecule has 6 rings (SSSR count). The van der Waals surface area contributed by atoms with E-state index in [9.17, 15) is 22.5 Å². The van der Waals surface area contributed by atoms with Crippen molar-refractivity contribution in [3.05, 3.63) is 78.6 Å². The molecule has 1 saturated heterocycles. The topological polar surface area (TPSA) is 125 Å². The molecule has 0 N–H and O–H groups in total. The summed E-state index contributed by atoms with van der Waals surface area (Å²) >= 11 is 0. The molecule has 1 aliphatic heterocycles. The van der Waals surface area contributed by atoms with Crippen LogP contribution in [0, 0.1) is 11.3 Å². The molecule has 0 unspecified atom stereocenters. The number of hydrogen-bond acceptors (Lipinski definition) is 9. The van der Waals surface area contributed by atoms with Gasteiger partial charge in [0.05, 0.1) is 23.5 Å². The van der Waals surface area contributed by atoms with E-state index in [1.54, 1.807) is 29.2 Å². The lowest BCUT2D eigenvalue weighted by molar-refractivity contribution is 0.0566. The molecule has 0 saturated carbocycles. The quantitative estimate of drug-likeness (QED) is 0.280. The number of nitrogens with zero attached hydrogens (tertiary/aromatic N) is 9. The van der Waals surface area contributed by atoms with Crippen molar-refractivity contribution in [2.24, 2.45) is 0 Å². The Labute approximate surface area is 240 Å². The highest BCUT2D eigenvalue weighted by atomic mass is 32.2. The van der Waals surface area contributed by atoms with Crippen LogP contribution in [-0.4, -0.2) is 75.1 Å². The Kier molecular flexibility index (Phi) is 7.13. The highest BCUT2D eigenvalue weighted by Crippen LogP contribution is 2.32. The number of piperazine rings is 1. The molecular weight excluding hydrogens is 564 g/mol. The van der Waals surface area contributed by atoms with Crippen LogP contribution < -0.4 is 4.90 Å². The number of anilines is 1. The minimum absolute atomic E-state index is 0.0676. The Morgan fingerprint density at radius 2 is 1.74 bits per heavy atom. The maximum Gasteiger partial charge on any atom is 0.333 e. The first-order chi connectivity index (χ1) is 20.2. The predicted octanol–water partition coefficient (Wildman–Crippen LogP) is 3.65. The van der Waals surface area contributed by atoms with Crippen molar-refractivity contribution in [3.63, 3.8) is 0 Å². The molecule has 5 aromatic rings. The average Bonchev–Trinajstić information content (AvgIpc) is 3.65. The van der Waals surface area contributed by atoms with Crippen molar-refractivity contribution in [2.75, 3.05) is 37.3 Å². The molecule has 0 bridgehead atoms. The van der Waals surface area contributed by atoms with Gasteiger partial charge >= 0.3 is 6.55 Å². The van der Waals surface area contributed by atoms with Crippen LogP contribution in [0.25, 0.3) is 27.8 Å². The van der Waals surface area contributed by atoms with Gasteiger partial charge in [-0.25, -0.2) is 27.6 Å². The number of fused-ring (bicyclic) bond motifs is 1. The third-order valence-electron chi connectivity index (χ3n) is 7.21. The van der Waals surface area contributed by atoms with Crippen molar-refractivity contribution < 1.29 is 17.2 Å². The summed E-state index contributed by atoms with van der Waals surface area (Å²) in [7, 11) is -3.33. The third kappa shape index (κ3) is 5.44. The normalized spacial score (nSPS) is 14.5. The summed E-state index contributed by atoms with van der Waals surface area (Å²) in [5, 5.41) is 17.8. The van der Waals surface area contributed by atoms with Gasteiger partial charge in [-0.1, -0.05) is 6.07 Å². The fourth-order valence-electron chi connectivity index (χ4n) is 5.02. The number of pyridine rings is 3. The molecule has 1 fully saturated rings. The van der Waals surface area contributed by atoms with E-state index in [2.05, 4.69) is 31.1 Å². The fourth-order valence-corrected chi connectivity index (χ4v) is 5.58. The highest BCUT2D eigenvalue weighted by Gasteiger charge is 2.20. The van der Waals surface area contributed by atoms with E-state index in [0.29, 0.717) is 39.0 Å². The summed E-state index contributed by atoms with van der Waals surface area (Å²) in [6.45, 7) is 1.04. The fraction of sp³-hybridized carbons (Fsp3) is 0.250. The largest absolute Gasteiger partial charge is 0.354 e. The summed E-state index contributed by atoms with van der Waals surface area (Å²) in [6, 6.07) is 11.2. The lowest BCUT2D eigenvalue weighted by atomic mass is 10.0. The molecule has 6 heterocycles. The van der Waals surface area contributed by atoms with Crippen LogP contribution in [0.1, 0.15) is 17.7 Å². The standard InChI is InChI=1S/C28H25F2N9O2S/c1-42(40,41)26-5-2-19(12-33-26)16-36-6-8-37(9-7-36)25-4-3-20(13-32-25)24-10-21(23-15-35-39(18-23)28(29)30)17-38-27(24)22(11-31)14-34-38/h2-5,10,12-15,17-18,28H,6-9,16H2,1H3. The Morgan fingerprint density at radius 3 is 2.36 bits per heavy atom. The van der Waals surface area contributed by atoms with Crippen LogP contribution in [0.5, 0.6) is 0 Å². The van der Waals surface area contributed by atoms with Gasteiger partial charge in [0, 0.05) is 86.0 Å². The van der Waals surface area contributed by atoms with Crippen molar-refractivity contribution in [1.29, 1.82) is 5.26 Å². The number of nitriles is 1. The van der Waals surface area contributed by atoms with E-state index in [0.717, 1.165) is 49.4 Å². The van der Waals surface area contributed by atoms with Crippen LogP contribution in [-0.2, 0) is 16.4 Å². The highest BCUT2D eigenvalue weighted by molar-refractivity contribution is 7.90. The molecule has 11 nitrogen and oxygen atoms in total. The smallest absolute Gasteiger partial charge is 0.333 e. The summed E-state index contributed by atoms with van der Waals surface area (Å²) in [4.78, 5) is 13.3. The number of rotatable bonds is 7. The van der Waals surface area contributed by atoms with Gasteiger partial charge in [0.25, 0.3) is 0 Å². The first-order valence-electron chi connectivity index (χ1n) is 13.0.